The van der Waals surface area contributed by atoms with Gasteiger partial charge in [0.2, 0.25) is 5.91 Å². The van der Waals surface area contributed by atoms with Crippen LogP contribution in [-0.4, -0.2) is 20.7 Å². The molecule has 26 heavy (non-hydrogen) atoms. The molecule has 0 saturated carbocycles. The Balaban J connectivity index is 1.58. The van der Waals surface area contributed by atoms with Gasteiger partial charge in [0.25, 0.3) is 0 Å². The summed E-state index contributed by atoms with van der Waals surface area (Å²) in [7, 11) is 0. The standard InChI is InChI=1S/C21H18N4O/c26-20(23-14-17-10-6-7-13-22-17)15-25-19-12-5-4-11-18(19)21(24-25)16-8-2-1-3-9-16/h1-13H,14-15H2,(H,23,26). The van der Waals surface area contributed by atoms with E-state index in [0.717, 1.165) is 27.9 Å². The van der Waals surface area contributed by atoms with Crippen LogP contribution in [0.5, 0.6) is 0 Å². The molecular formula is C21H18N4O. The molecule has 0 saturated heterocycles. The van der Waals surface area contributed by atoms with E-state index >= 15 is 0 Å². The van der Waals surface area contributed by atoms with Crippen molar-refractivity contribution in [2.75, 3.05) is 0 Å². The van der Waals surface area contributed by atoms with Crippen LogP contribution in [0.1, 0.15) is 5.69 Å². The minimum absolute atomic E-state index is 0.0940. The van der Waals surface area contributed by atoms with Crippen LogP contribution in [0.15, 0.2) is 79.0 Å². The molecule has 1 N–H and O–H groups in total. The average molecular weight is 342 g/mol. The van der Waals surface area contributed by atoms with Crippen molar-refractivity contribution < 1.29 is 4.79 Å². The van der Waals surface area contributed by atoms with Crippen LogP contribution in [-0.2, 0) is 17.9 Å². The summed E-state index contributed by atoms with van der Waals surface area (Å²) in [6, 6.07) is 23.6. The van der Waals surface area contributed by atoms with E-state index in [1.807, 2.05) is 72.8 Å². The molecule has 4 aromatic rings. The summed E-state index contributed by atoms with van der Waals surface area (Å²) in [5.41, 5.74) is 3.70. The molecule has 2 heterocycles. The predicted molar refractivity (Wildman–Crippen MR) is 101 cm³/mol. The number of amides is 1. The molecule has 128 valence electrons. The van der Waals surface area contributed by atoms with Crippen LogP contribution in [0.3, 0.4) is 0 Å². The van der Waals surface area contributed by atoms with Gasteiger partial charge in [-0.2, -0.15) is 5.10 Å². The third-order valence-corrected chi connectivity index (χ3v) is 4.19. The van der Waals surface area contributed by atoms with E-state index in [4.69, 9.17) is 5.10 Å². The summed E-state index contributed by atoms with van der Waals surface area (Å²) in [5.74, 6) is -0.0940. The molecule has 5 heteroatoms. The highest BCUT2D eigenvalue weighted by atomic mass is 16.2. The van der Waals surface area contributed by atoms with Gasteiger partial charge in [0.05, 0.1) is 17.8 Å². The molecule has 0 radical (unpaired) electrons. The molecule has 0 atom stereocenters. The zero-order valence-corrected chi connectivity index (χ0v) is 14.2. The Morgan fingerprint density at radius 3 is 2.50 bits per heavy atom. The van der Waals surface area contributed by atoms with Gasteiger partial charge >= 0.3 is 0 Å². The summed E-state index contributed by atoms with van der Waals surface area (Å²) in [4.78, 5) is 16.6. The average Bonchev–Trinajstić information content (AvgIpc) is 3.06. The number of aromatic nitrogens is 3. The van der Waals surface area contributed by atoms with Crippen LogP contribution < -0.4 is 5.32 Å². The summed E-state index contributed by atoms with van der Waals surface area (Å²) in [6.07, 6.45) is 1.72. The molecule has 0 unspecified atom stereocenters. The van der Waals surface area contributed by atoms with Gasteiger partial charge in [-0.3, -0.25) is 14.5 Å². The van der Waals surface area contributed by atoms with E-state index in [1.54, 1.807) is 10.9 Å². The number of nitrogens with one attached hydrogen (secondary N) is 1. The predicted octanol–water partition coefficient (Wildman–Crippen LogP) is 3.41. The Morgan fingerprint density at radius 2 is 1.69 bits per heavy atom. The lowest BCUT2D eigenvalue weighted by molar-refractivity contribution is -0.121. The van der Waals surface area contributed by atoms with Gasteiger partial charge in [-0.1, -0.05) is 54.6 Å². The fraction of sp³-hybridized carbons (Fsp3) is 0.0952. The zero-order valence-electron chi connectivity index (χ0n) is 14.2. The molecule has 2 aromatic carbocycles. The SMILES string of the molecule is O=C(Cn1nc(-c2ccccc2)c2ccccc21)NCc1ccccn1. The van der Waals surface area contributed by atoms with Crippen molar-refractivity contribution in [1.82, 2.24) is 20.1 Å². The van der Waals surface area contributed by atoms with E-state index in [1.165, 1.54) is 0 Å². The molecular weight excluding hydrogens is 324 g/mol. The zero-order chi connectivity index (χ0) is 17.8. The van der Waals surface area contributed by atoms with E-state index in [9.17, 15) is 4.79 Å². The van der Waals surface area contributed by atoms with E-state index in [-0.39, 0.29) is 12.5 Å². The Hall–Kier alpha value is -3.47. The number of hydrogen-bond acceptors (Lipinski definition) is 3. The first-order valence-electron chi connectivity index (χ1n) is 8.49. The minimum atomic E-state index is -0.0940. The van der Waals surface area contributed by atoms with Crippen molar-refractivity contribution in [3.63, 3.8) is 0 Å². The number of para-hydroxylation sites is 1. The third-order valence-electron chi connectivity index (χ3n) is 4.19. The number of carbonyl (C=O) groups is 1. The van der Waals surface area contributed by atoms with Gasteiger partial charge in [0, 0.05) is 17.1 Å². The number of nitrogens with zero attached hydrogens (tertiary/aromatic N) is 3. The lowest BCUT2D eigenvalue weighted by Gasteiger charge is -2.06. The number of benzene rings is 2. The maximum absolute atomic E-state index is 12.4. The van der Waals surface area contributed by atoms with Gasteiger partial charge in [-0.15, -0.1) is 0 Å². The summed E-state index contributed by atoms with van der Waals surface area (Å²) < 4.78 is 1.76. The quantitative estimate of drug-likeness (QED) is 0.604. The van der Waals surface area contributed by atoms with Crippen molar-refractivity contribution in [3.8, 4) is 11.3 Å². The molecule has 0 fully saturated rings. The number of pyridine rings is 1. The van der Waals surface area contributed by atoms with Gasteiger partial charge in [0.1, 0.15) is 12.2 Å². The van der Waals surface area contributed by atoms with E-state index in [2.05, 4.69) is 10.3 Å². The van der Waals surface area contributed by atoms with Gasteiger partial charge in [0.15, 0.2) is 0 Å². The fourth-order valence-corrected chi connectivity index (χ4v) is 2.94. The largest absolute Gasteiger partial charge is 0.349 e. The van der Waals surface area contributed by atoms with Crippen molar-refractivity contribution in [2.45, 2.75) is 13.1 Å². The van der Waals surface area contributed by atoms with Gasteiger partial charge in [-0.25, -0.2) is 0 Å². The van der Waals surface area contributed by atoms with Gasteiger partial charge < -0.3 is 5.32 Å². The normalized spacial score (nSPS) is 10.8. The molecule has 1 amide bonds. The first kappa shape index (κ1) is 16.0. The van der Waals surface area contributed by atoms with Crippen LogP contribution >= 0.6 is 0 Å². The third kappa shape index (κ3) is 3.32. The highest BCUT2D eigenvalue weighted by molar-refractivity contribution is 5.94. The summed E-state index contributed by atoms with van der Waals surface area (Å²) in [5, 5.41) is 8.63. The number of fused-ring (bicyclic) bond motifs is 1. The fourth-order valence-electron chi connectivity index (χ4n) is 2.94. The first-order chi connectivity index (χ1) is 12.8. The Morgan fingerprint density at radius 1 is 0.923 bits per heavy atom. The number of hydrogen-bond donors (Lipinski definition) is 1. The second-order valence-electron chi connectivity index (χ2n) is 5.99. The molecule has 0 spiro atoms. The number of carbonyl (C=O) groups excluding carboxylic acids is 1. The highest BCUT2D eigenvalue weighted by Crippen LogP contribution is 2.27. The number of rotatable bonds is 5. The molecule has 0 bridgehead atoms. The lowest BCUT2D eigenvalue weighted by atomic mass is 10.1. The van der Waals surface area contributed by atoms with Crippen LogP contribution in [0.2, 0.25) is 0 Å². The van der Waals surface area contributed by atoms with E-state index in [0.29, 0.717) is 6.54 Å². The van der Waals surface area contributed by atoms with Crippen LogP contribution in [0.4, 0.5) is 0 Å². The smallest absolute Gasteiger partial charge is 0.242 e. The molecule has 5 nitrogen and oxygen atoms in total. The highest BCUT2D eigenvalue weighted by Gasteiger charge is 2.13. The first-order valence-corrected chi connectivity index (χ1v) is 8.49. The maximum atomic E-state index is 12.4. The van der Waals surface area contributed by atoms with Crippen molar-refractivity contribution >= 4 is 16.8 Å². The lowest BCUT2D eigenvalue weighted by Crippen LogP contribution is -2.27. The molecule has 0 aliphatic carbocycles. The Kier molecular flexibility index (Phi) is 4.43. The molecule has 4 rings (SSSR count). The summed E-state index contributed by atoms with van der Waals surface area (Å²) >= 11 is 0. The van der Waals surface area contributed by atoms with Gasteiger partial charge in [-0.05, 0) is 18.2 Å². The molecule has 0 aliphatic heterocycles. The second-order valence-corrected chi connectivity index (χ2v) is 5.99. The van der Waals surface area contributed by atoms with Crippen LogP contribution in [0, 0.1) is 0 Å². The second kappa shape index (κ2) is 7.19. The van der Waals surface area contributed by atoms with Crippen molar-refractivity contribution in [2.24, 2.45) is 0 Å². The monoisotopic (exact) mass is 342 g/mol. The Bertz CT molecular complexity index is 1030. The maximum Gasteiger partial charge on any atom is 0.242 e. The van der Waals surface area contributed by atoms with Crippen molar-refractivity contribution in [1.29, 1.82) is 0 Å². The van der Waals surface area contributed by atoms with Crippen molar-refractivity contribution in [3.05, 3.63) is 84.7 Å². The van der Waals surface area contributed by atoms with Crippen LogP contribution in [0.25, 0.3) is 22.2 Å². The molecule has 2 aromatic heterocycles. The topological polar surface area (TPSA) is 59.8 Å². The Labute approximate surface area is 151 Å². The summed E-state index contributed by atoms with van der Waals surface area (Å²) in [6.45, 7) is 0.574. The molecule has 0 aliphatic rings. The van der Waals surface area contributed by atoms with E-state index < -0.39 is 0 Å². The minimum Gasteiger partial charge on any atom is -0.349 e.